The molecule has 1 heterocycles. The first kappa shape index (κ1) is 12.5. The second-order valence-electron chi connectivity index (χ2n) is 4.85. The predicted molar refractivity (Wildman–Crippen MR) is 60.9 cm³/mol. The van der Waals surface area contributed by atoms with Gasteiger partial charge in [-0.05, 0) is 18.3 Å². The molecule has 1 aliphatic heterocycles. The van der Waals surface area contributed by atoms with Crippen LogP contribution in [-0.2, 0) is 4.79 Å². The van der Waals surface area contributed by atoms with E-state index in [1.54, 1.807) is 0 Å². The van der Waals surface area contributed by atoms with Gasteiger partial charge in [0, 0.05) is 19.6 Å². The Morgan fingerprint density at radius 3 is 2.20 bits per heavy atom. The van der Waals surface area contributed by atoms with Crippen LogP contribution in [0.4, 0.5) is 0 Å². The SMILES string of the molecule is CCCC1(CCC)CN(CCC(=O)O)C1. The molecule has 1 aliphatic rings. The lowest BCUT2D eigenvalue weighted by Gasteiger charge is -2.50. The van der Waals surface area contributed by atoms with Crippen molar-refractivity contribution < 1.29 is 9.90 Å². The number of aliphatic carboxylic acids is 1. The molecule has 0 unspecified atom stereocenters. The molecule has 1 fully saturated rings. The molecule has 0 bridgehead atoms. The Labute approximate surface area is 92.5 Å². The van der Waals surface area contributed by atoms with Crippen molar-refractivity contribution in [1.29, 1.82) is 0 Å². The lowest BCUT2D eigenvalue weighted by atomic mass is 9.72. The zero-order chi connectivity index (χ0) is 11.3. The first-order valence-corrected chi connectivity index (χ1v) is 6.06. The molecular weight excluding hydrogens is 190 g/mol. The maximum atomic E-state index is 10.4. The van der Waals surface area contributed by atoms with Crippen LogP contribution in [0.25, 0.3) is 0 Å². The van der Waals surface area contributed by atoms with Gasteiger partial charge in [0.25, 0.3) is 0 Å². The standard InChI is InChI=1S/C12H23NO2/c1-3-6-12(7-4-2)9-13(10-12)8-5-11(14)15/h3-10H2,1-2H3,(H,14,15). The molecule has 3 nitrogen and oxygen atoms in total. The quantitative estimate of drug-likeness (QED) is 0.705. The van der Waals surface area contributed by atoms with E-state index in [9.17, 15) is 4.79 Å². The summed E-state index contributed by atoms with van der Waals surface area (Å²) in [6.07, 6.45) is 5.36. The topological polar surface area (TPSA) is 40.5 Å². The van der Waals surface area contributed by atoms with Crippen LogP contribution in [0.3, 0.4) is 0 Å². The van der Waals surface area contributed by atoms with Gasteiger partial charge >= 0.3 is 5.97 Å². The van der Waals surface area contributed by atoms with E-state index in [0.29, 0.717) is 5.41 Å². The van der Waals surface area contributed by atoms with Crippen LogP contribution in [0, 0.1) is 5.41 Å². The van der Waals surface area contributed by atoms with Gasteiger partial charge in [0.15, 0.2) is 0 Å². The molecule has 0 aromatic rings. The summed E-state index contributed by atoms with van der Waals surface area (Å²) in [5.41, 5.74) is 0.516. The molecule has 15 heavy (non-hydrogen) atoms. The Balaban J connectivity index is 2.27. The third-order valence-corrected chi connectivity index (χ3v) is 3.32. The van der Waals surface area contributed by atoms with Gasteiger partial charge in [0.05, 0.1) is 6.42 Å². The third kappa shape index (κ3) is 3.49. The van der Waals surface area contributed by atoms with Crippen LogP contribution in [0.2, 0.25) is 0 Å². The van der Waals surface area contributed by atoms with Gasteiger partial charge in [0.2, 0.25) is 0 Å². The Bertz CT molecular complexity index is 202. The number of hydrogen-bond donors (Lipinski definition) is 1. The second-order valence-corrected chi connectivity index (χ2v) is 4.85. The van der Waals surface area contributed by atoms with Crippen LogP contribution in [-0.4, -0.2) is 35.6 Å². The van der Waals surface area contributed by atoms with Crippen molar-refractivity contribution in [1.82, 2.24) is 4.90 Å². The van der Waals surface area contributed by atoms with Gasteiger partial charge in [-0.25, -0.2) is 0 Å². The number of nitrogens with zero attached hydrogens (tertiary/aromatic N) is 1. The van der Waals surface area contributed by atoms with E-state index in [1.807, 2.05) is 0 Å². The van der Waals surface area contributed by atoms with Gasteiger partial charge in [-0.2, -0.15) is 0 Å². The fraction of sp³-hybridized carbons (Fsp3) is 0.917. The average Bonchev–Trinajstić information content (AvgIpc) is 2.11. The van der Waals surface area contributed by atoms with Crippen molar-refractivity contribution in [2.45, 2.75) is 46.0 Å². The first-order chi connectivity index (χ1) is 7.12. The largest absolute Gasteiger partial charge is 0.481 e. The van der Waals surface area contributed by atoms with Crippen LogP contribution < -0.4 is 0 Å². The summed E-state index contributed by atoms with van der Waals surface area (Å²) < 4.78 is 0. The second kappa shape index (κ2) is 5.50. The average molecular weight is 213 g/mol. The van der Waals surface area contributed by atoms with Crippen LogP contribution in [0.5, 0.6) is 0 Å². The molecule has 0 aromatic heterocycles. The highest BCUT2D eigenvalue weighted by molar-refractivity contribution is 5.66. The lowest BCUT2D eigenvalue weighted by molar-refractivity contribution is -0.138. The number of likely N-dealkylation sites (tertiary alicyclic amines) is 1. The minimum absolute atomic E-state index is 0.286. The van der Waals surface area contributed by atoms with E-state index in [-0.39, 0.29) is 6.42 Å². The Hall–Kier alpha value is -0.570. The van der Waals surface area contributed by atoms with E-state index in [4.69, 9.17) is 5.11 Å². The van der Waals surface area contributed by atoms with E-state index in [1.165, 1.54) is 25.7 Å². The van der Waals surface area contributed by atoms with Crippen LogP contribution >= 0.6 is 0 Å². The van der Waals surface area contributed by atoms with Crippen molar-refractivity contribution in [2.75, 3.05) is 19.6 Å². The van der Waals surface area contributed by atoms with Gasteiger partial charge in [-0.15, -0.1) is 0 Å². The van der Waals surface area contributed by atoms with E-state index < -0.39 is 5.97 Å². The molecule has 0 saturated carbocycles. The highest BCUT2D eigenvalue weighted by Crippen LogP contribution is 2.39. The normalized spacial score (nSPS) is 19.9. The maximum Gasteiger partial charge on any atom is 0.304 e. The highest BCUT2D eigenvalue weighted by Gasteiger charge is 2.40. The molecule has 3 heteroatoms. The highest BCUT2D eigenvalue weighted by atomic mass is 16.4. The van der Waals surface area contributed by atoms with E-state index in [0.717, 1.165) is 19.6 Å². The molecule has 0 aliphatic carbocycles. The van der Waals surface area contributed by atoms with Gasteiger partial charge < -0.3 is 10.0 Å². The molecule has 1 rings (SSSR count). The molecule has 0 atom stereocenters. The smallest absolute Gasteiger partial charge is 0.304 e. The Kier molecular flexibility index (Phi) is 4.58. The Morgan fingerprint density at radius 2 is 1.80 bits per heavy atom. The lowest BCUT2D eigenvalue weighted by Crippen LogP contribution is -2.56. The van der Waals surface area contributed by atoms with Crippen molar-refractivity contribution in [2.24, 2.45) is 5.41 Å². The molecule has 0 aromatic carbocycles. The number of carboxylic acids is 1. The molecular formula is C12H23NO2. The molecule has 1 N–H and O–H groups in total. The van der Waals surface area contributed by atoms with Crippen molar-refractivity contribution >= 4 is 5.97 Å². The molecule has 88 valence electrons. The van der Waals surface area contributed by atoms with E-state index >= 15 is 0 Å². The summed E-state index contributed by atoms with van der Waals surface area (Å²) in [6, 6.07) is 0. The van der Waals surface area contributed by atoms with Crippen molar-refractivity contribution in [3.05, 3.63) is 0 Å². The Morgan fingerprint density at radius 1 is 1.27 bits per heavy atom. The number of carboxylic acid groups (broad SMARTS) is 1. The van der Waals surface area contributed by atoms with Crippen LogP contribution in [0.15, 0.2) is 0 Å². The fourth-order valence-corrected chi connectivity index (χ4v) is 2.82. The van der Waals surface area contributed by atoms with Gasteiger partial charge in [-0.3, -0.25) is 4.79 Å². The summed E-state index contributed by atoms with van der Waals surface area (Å²) >= 11 is 0. The van der Waals surface area contributed by atoms with E-state index in [2.05, 4.69) is 18.7 Å². The van der Waals surface area contributed by atoms with Gasteiger partial charge in [0.1, 0.15) is 0 Å². The predicted octanol–water partition coefficient (Wildman–Crippen LogP) is 2.36. The summed E-state index contributed by atoms with van der Waals surface area (Å²) in [6.45, 7) is 7.42. The van der Waals surface area contributed by atoms with Crippen molar-refractivity contribution in [3.8, 4) is 0 Å². The number of hydrogen-bond acceptors (Lipinski definition) is 2. The monoisotopic (exact) mass is 213 g/mol. The summed E-state index contributed by atoms with van der Waals surface area (Å²) in [4.78, 5) is 12.7. The van der Waals surface area contributed by atoms with Crippen molar-refractivity contribution in [3.63, 3.8) is 0 Å². The third-order valence-electron chi connectivity index (χ3n) is 3.32. The van der Waals surface area contributed by atoms with Gasteiger partial charge in [-0.1, -0.05) is 26.7 Å². The summed E-state index contributed by atoms with van der Waals surface area (Å²) in [5, 5.41) is 8.59. The number of carbonyl (C=O) groups is 1. The number of rotatable bonds is 7. The zero-order valence-electron chi connectivity index (χ0n) is 9.96. The minimum atomic E-state index is -0.682. The summed E-state index contributed by atoms with van der Waals surface area (Å²) in [7, 11) is 0. The molecule has 0 amide bonds. The molecule has 1 saturated heterocycles. The maximum absolute atomic E-state index is 10.4. The summed E-state index contributed by atoms with van der Waals surface area (Å²) in [5.74, 6) is -0.682. The molecule has 0 radical (unpaired) electrons. The molecule has 0 spiro atoms. The zero-order valence-corrected chi connectivity index (χ0v) is 9.96. The van der Waals surface area contributed by atoms with Crippen LogP contribution in [0.1, 0.15) is 46.0 Å². The fourth-order valence-electron chi connectivity index (χ4n) is 2.82. The minimum Gasteiger partial charge on any atom is -0.481 e. The first-order valence-electron chi connectivity index (χ1n) is 6.06.